The standard InChI is InChI=1S/C10H12O/c1-9(8-11)10-6-4-2-3-5-7-10/h2-6,8-9H,7H2,1H3/t9-/m0/s1. The zero-order chi connectivity index (χ0) is 8.10. The molecule has 0 aromatic carbocycles. The van der Waals surface area contributed by atoms with Gasteiger partial charge in [0.25, 0.3) is 0 Å². The molecule has 0 amide bonds. The van der Waals surface area contributed by atoms with Crippen molar-refractivity contribution in [2.45, 2.75) is 13.3 Å². The molecule has 11 heavy (non-hydrogen) atoms. The number of carbonyl (C=O) groups excluding carboxylic acids is 1. The number of hydrogen-bond acceptors (Lipinski definition) is 1. The molecule has 0 heterocycles. The van der Waals surface area contributed by atoms with E-state index in [4.69, 9.17) is 0 Å². The molecule has 0 radical (unpaired) electrons. The minimum Gasteiger partial charge on any atom is -0.303 e. The molecule has 58 valence electrons. The van der Waals surface area contributed by atoms with Crippen LogP contribution in [-0.2, 0) is 4.79 Å². The highest BCUT2D eigenvalue weighted by molar-refractivity contribution is 5.58. The monoisotopic (exact) mass is 148 g/mol. The second kappa shape index (κ2) is 3.91. The molecular formula is C10H12O. The van der Waals surface area contributed by atoms with Gasteiger partial charge in [-0.25, -0.2) is 0 Å². The molecule has 0 bridgehead atoms. The molecule has 1 atom stereocenters. The summed E-state index contributed by atoms with van der Waals surface area (Å²) in [5, 5.41) is 0. The minimum atomic E-state index is 0.0578. The van der Waals surface area contributed by atoms with Crippen LogP contribution in [0.2, 0.25) is 0 Å². The lowest BCUT2D eigenvalue weighted by atomic mass is 10.00. The molecule has 1 nitrogen and oxygen atoms in total. The van der Waals surface area contributed by atoms with E-state index in [1.807, 2.05) is 31.2 Å². The SMILES string of the molecule is C[C@@H](C=O)C1=CC=CC=CC1. The topological polar surface area (TPSA) is 17.1 Å². The Morgan fingerprint density at radius 3 is 3.00 bits per heavy atom. The number of allylic oxidation sites excluding steroid dienone is 6. The van der Waals surface area contributed by atoms with E-state index in [-0.39, 0.29) is 5.92 Å². The lowest BCUT2D eigenvalue weighted by Gasteiger charge is -2.04. The van der Waals surface area contributed by atoms with E-state index < -0.39 is 0 Å². The highest BCUT2D eigenvalue weighted by Gasteiger charge is 2.04. The maximum Gasteiger partial charge on any atom is 0.126 e. The average Bonchev–Trinajstić information content (AvgIpc) is 2.30. The van der Waals surface area contributed by atoms with E-state index >= 15 is 0 Å². The highest BCUT2D eigenvalue weighted by atomic mass is 16.1. The van der Waals surface area contributed by atoms with E-state index in [1.165, 1.54) is 5.57 Å². The van der Waals surface area contributed by atoms with Crippen molar-refractivity contribution in [2.24, 2.45) is 5.92 Å². The molecule has 1 aliphatic carbocycles. The van der Waals surface area contributed by atoms with E-state index in [0.29, 0.717) is 0 Å². The predicted molar refractivity (Wildman–Crippen MR) is 46.2 cm³/mol. The normalized spacial score (nSPS) is 18.8. The van der Waals surface area contributed by atoms with Gasteiger partial charge >= 0.3 is 0 Å². The highest BCUT2D eigenvalue weighted by Crippen LogP contribution is 2.14. The van der Waals surface area contributed by atoms with E-state index in [0.717, 1.165) is 12.7 Å². The number of hydrogen-bond donors (Lipinski definition) is 0. The van der Waals surface area contributed by atoms with Crippen LogP contribution in [0.4, 0.5) is 0 Å². The lowest BCUT2D eigenvalue weighted by molar-refractivity contribution is -0.109. The summed E-state index contributed by atoms with van der Waals surface area (Å²) in [6, 6.07) is 0. The predicted octanol–water partition coefficient (Wildman–Crippen LogP) is 2.26. The van der Waals surface area contributed by atoms with Gasteiger partial charge in [0.15, 0.2) is 0 Å². The summed E-state index contributed by atoms with van der Waals surface area (Å²) in [5.74, 6) is 0.0578. The van der Waals surface area contributed by atoms with Gasteiger partial charge in [-0.3, -0.25) is 0 Å². The Balaban J connectivity index is 2.71. The zero-order valence-electron chi connectivity index (χ0n) is 6.66. The van der Waals surface area contributed by atoms with E-state index in [9.17, 15) is 4.79 Å². The van der Waals surface area contributed by atoms with Gasteiger partial charge in [-0.1, -0.05) is 42.9 Å². The molecule has 1 heteroatoms. The second-order valence-corrected chi connectivity index (χ2v) is 2.68. The van der Waals surface area contributed by atoms with Crippen LogP contribution in [0.5, 0.6) is 0 Å². The van der Waals surface area contributed by atoms with Gasteiger partial charge in [-0.2, -0.15) is 0 Å². The molecule has 0 aliphatic heterocycles. The van der Waals surface area contributed by atoms with Crippen LogP contribution in [0.1, 0.15) is 13.3 Å². The van der Waals surface area contributed by atoms with Crippen LogP contribution in [0.3, 0.4) is 0 Å². The van der Waals surface area contributed by atoms with Crippen molar-refractivity contribution in [3.63, 3.8) is 0 Å². The van der Waals surface area contributed by atoms with Crippen LogP contribution in [0.15, 0.2) is 36.0 Å². The fourth-order valence-electron chi connectivity index (χ4n) is 1.02. The molecule has 0 saturated heterocycles. The van der Waals surface area contributed by atoms with Crippen molar-refractivity contribution >= 4 is 6.29 Å². The summed E-state index contributed by atoms with van der Waals surface area (Å²) in [5.41, 5.74) is 1.19. The zero-order valence-corrected chi connectivity index (χ0v) is 6.66. The Hall–Kier alpha value is -1.11. The second-order valence-electron chi connectivity index (χ2n) is 2.68. The summed E-state index contributed by atoms with van der Waals surface area (Å²) in [4.78, 5) is 10.4. The van der Waals surface area contributed by atoms with Gasteiger partial charge in [0.2, 0.25) is 0 Å². The third kappa shape index (κ3) is 2.19. The van der Waals surface area contributed by atoms with Crippen molar-refractivity contribution in [2.75, 3.05) is 0 Å². The number of carbonyl (C=O) groups is 1. The Bertz CT molecular complexity index is 221. The van der Waals surface area contributed by atoms with Crippen molar-refractivity contribution in [3.05, 3.63) is 36.0 Å². The van der Waals surface area contributed by atoms with Crippen molar-refractivity contribution in [1.29, 1.82) is 0 Å². The van der Waals surface area contributed by atoms with Gasteiger partial charge in [0, 0.05) is 5.92 Å². The van der Waals surface area contributed by atoms with Gasteiger partial charge in [-0.15, -0.1) is 0 Å². The molecule has 0 saturated carbocycles. The maximum absolute atomic E-state index is 10.4. The molecule has 0 N–H and O–H groups in total. The molecule has 0 aromatic rings. The molecule has 1 rings (SSSR count). The first-order valence-electron chi connectivity index (χ1n) is 3.82. The fourth-order valence-corrected chi connectivity index (χ4v) is 1.02. The van der Waals surface area contributed by atoms with Crippen LogP contribution in [0, 0.1) is 5.92 Å². The first kappa shape index (κ1) is 7.99. The summed E-state index contributed by atoms with van der Waals surface area (Å²) >= 11 is 0. The number of aldehydes is 1. The molecule has 0 aromatic heterocycles. The molecular weight excluding hydrogens is 136 g/mol. The summed E-state index contributed by atoms with van der Waals surface area (Å²) in [6.45, 7) is 1.92. The smallest absolute Gasteiger partial charge is 0.126 e. The Kier molecular flexibility index (Phi) is 2.84. The van der Waals surface area contributed by atoms with Gasteiger partial charge in [0.05, 0.1) is 0 Å². The molecule has 0 fully saturated rings. The minimum absolute atomic E-state index is 0.0578. The van der Waals surface area contributed by atoms with Crippen LogP contribution >= 0.6 is 0 Å². The van der Waals surface area contributed by atoms with Crippen LogP contribution in [-0.4, -0.2) is 6.29 Å². The van der Waals surface area contributed by atoms with Crippen molar-refractivity contribution in [1.82, 2.24) is 0 Å². The average molecular weight is 148 g/mol. The Morgan fingerprint density at radius 2 is 2.27 bits per heavy atom. The summed E-state index contributed by atoms with van der Waals surface area (Å²) < 4.78 is 0. The fraction of sp³-hybridized carbons (Fsp3) is 0.300. The Morgan fingerprint density at radius 1 is 1.45 bits per heavy atom. The third-order valence-corrected chi connectivity index (χ3v) is 1.81. The van der Waals surface area contributed by atoms with Gasteiger partial charge in [0.1, 0.15) is 6.29 Å². The van der Waals surface area contributed by atoms with Gasteiger partial charge in [-0.05, 0) is 6.42 Å². The largest absolute Gasteiger partial charge is 0.303 e. The lowest BCUT2D eigenvalue weighted by Crippen LogP contribution is -1.99. The summed E-state index contributed by atoms with van der Waals surface area (Å²) in [6.07, 6.45) is 11.9. The molecule has 0 spiro atoms. The van der Waals surface area contributed by atoms with Gasteiger partial charge < -0.3 is 4.79 Å². The first-order chi connectivity index (χ1) is 5.34. The van der Waals surface area contributed by atoms with Crippen molar-refractivity contribution in [3.8, 4) is 0 Å². The van der Waals surface area contributed by atoms with Crippen LogP contribution < -0.4 is 0 Å². The quantitative estimate of drug-likeness (QED) is 0.549. The summed E-state index contributed by atoms with van der Waals surface area (Å²) in [7, 11) is 0. The van der Waals surface area contributed by atoms with Crippen LogP contribution in [0.25, 0.3) is 0 Å². The number of rotatable bonds is 2. The van der Waals surface area contributed by atoms with E-state index in [1.54, 1.807) is 0 Å². The molecule has 1 aliphatic rings. The maximum atomic E-state index is 10.4. The van der Waals surface area contributed by atoms with E-state index in [2.05, 4.69) is 6.08 Å². The third-order valence-electron chi connectivity index (χ3n) is 1.81. The first-order valence-corrected chi connectivity index (χ1v) is 3.82. The Labute approximate surface area is 67.1 Å². The van der Waals surface area contributed by atoms with Crippen molar-refractivity contribution < 1.29 is 4.79 Å². The molecule has 0 unspecified atom stereocenters.